The summed E-state index contributed by atoms with van der Waals surface area (Å²) in [6, 6.07) is 2.91. The molecule has 0 radical (unpaired) electrons. The van der Waals surface area contributed by atoms with Gasteiger partial charge in [0.2, 0.25) is 5.91 Å². The monoisotopic (exact) mass is 389 g/mol. The molecule has 1 N–H and O–H groups in total. The van der Waals surface area contributed by atoms with Crippen LogP contribution in [0.1, 0.15) is 17.9 Å². The van der Waals surface area contributed by atoms with Crippen molar-refractivity contribution >= 4 is 44.8 Å². The average molecular weight is 390 g/mol. The molecule has 0 unspecified atom stereocenters. The number of amides is 1. The first-order valence-corrected chi connectivity index (χ1v) is 9.51. The van der Waals surface area contributed by atoms with Gasteiger partial charge in [-0.2, -0.15) is 9.19 Å². The second kappa shape index (κ2) is 5.94. The molecule has 0 saturated carbocycles. The standard InChI is InChI=1S/C14H13Cl2N3O4S/c1-24(22,23)19-7-9(5-17-19)18-6-8(4-12(18)21)13-11(20)3-2-10(15)14(13)16/h2-3,5,7-8,20H,4,6H2,1H3/t8-/m0/s1. The SMILES string of the molecule is CS(=O)(=O)n1cc(N2C[C@@H](c3c(O)ccc(Cl)c3Cl)CC2=O)cn1. The van der Waals surface area contributed by atoms with Crippen LogP contribution in [-0.4, -0.2) is 41.4 Å². The number of benzene rings is 1. The minimum atomic E-state index is -3.52. The topological polar surface area (TPSA) is 92.5 Å². The van der Waals surface area contributed by atoms with E-state index in [2.05, 4.69) is 5.10 Å². The van der Waals surface area contributed by atoms with Gasteiger partial charge in [-0.05, 0) is 12.1 Å². The summed E-state index contributed by atoms with van der Waals surface area (Å²) in [5.41, 5.74) is 0.779. The van der Waals surface area contributed by atoms with E-state index in [0.29, 0.717) is 16.3 Å². The number of hydrogen-bond donors (Lipinski definition) is 1. The predicted molar refractivity (Wildman–Crippen MR) is 90.3 cm³/mol. The number of aromatic hydroxyl groups is 1. The van der Waals surface area contributed by atoms with E-state index >= 15 is 0 Å². The van der Waals surface area contributed by atoms with Gasteiger partial charge in [-0.15, -0.1) is 0 Å². The van der Waals surface area contributed by atoms with Crippen LogP contribution in [0.2, 0.25) is 10.0 Å². The van der Waals surface area contributed by atoms with Crippen LogP contribution in [0, 0.1) is 0 Å². The van der Waals surface area contributed by atoms with E-state index < -0.39 is 10.0 Å². The zero-order chi connectivity index (χ0) is 17.6. The summed E-state index contributed by atoms with van der Waals surface area (Å²) in [7, 11) is -3.52. The highest BCUT2D eigenvalue weighted by Crippen LogP contribution is 2.42. The largest absolute Gasteiger partial charge is 0.508 e. The van der Waals surface area contributed by atoms with Crippen molar-refractivity contribution in [2.75, 3.05) is 17.7 Å². The minimum absolute atomic E-state index is 0.0316. The second-order valence-electron chi connectivity index (χ2n) is 5.53. The Kier molecular flexibility index (Phi) is 4.23. The van der Waals surface area contributed by atoms with Crippen molar-refractivity contribution in [3.05, 3.63) is 40.1 Å². The van der Waals surface area contributed by atoms with Gasteiger partial charge >= 0.3 is 0 Å². The van der Waals surface area contributed by atoms with Crippen LogP contribution in [0.25, 0.3) is 0 Å². The number of phenolic OH excluding ortho intramolecular Hbond substituents is 1. The van der Waals surface area contributed by atoms with Gasteiger partial charge in [-0.25, -0.2) is 8.42 Å². The molecule has 7 nitrogen and oxygen atoms in total. The van der Waals surface area contributed by atoms with Crippen molar-refractivity contribution in [1.29, 1.82) is 0 Å². The smallest absolute Gasteiger partial charge is 0.250 e. The molecule has 1 fully saturated rings. The van der Waals surface area contributed by atoms with Crippen molar-refractivity contribution in [2.24, 2.45) is 0 Å². The van der Waals surface area contributed by atoms with Crippen molar-refractivity contribution < 1.29 is 18.3 Å². The molecule has 2 heterocycles. The summed E-state index contributed by atoms with van der Waals surface area (Å²) in [6.45, 7) is 0.238. The van der Waals surface area contributed by atoms with Gasteiger partial charge in [0.1, 0.15) is 5.75 Å². The summed E-state index contributed by atoms with van der Waals surface area (Å²) in [6.07, 6.45) is 3.72. The number of carbonyl (C=O) groups is 1. The molecule has 0 spiro atoms. The Morgan fingerprint density at radius 2 is 2.04 bits per heavy atom. The first-order valence-electron chi connectivity index (χ1n) is 6.91. The quantitative estimate of drug-likeness (QED) is 0.868. The van der Waals surface area contributed by atoms with Crippen LogP contribution < -0.4 is 4.90 Å². The normalized spacial score (nSPS) is 18.4. The molecule has 0 bridgehead atoms. The Morgan fingerprint density at radius 1 is 1.33 bits per heavy atom. The van der Waals surface area contributed by atoms with E-state index in [0.717, 1.165) is 10.3 Å². The van der Waals surface area contributed by atoms with Gasteiger partial charge < -0.3 is 10.0 Å². The predicted octanol–water partition coefficient (Wildman–Crippen LogP) is 2.22. The Balaban J connectivity index is 1.92. The van der Waals surface area contributed by atoms with Crippen LogP contribution >= 0.6 is 23.2 Å². The zero-order valence-corrected chi connectivity index (χ0v) is 14.8. The third-order valence-electron chi connectivity index (χ3n) is 3.84. The third-order valence-corrected chi connectivity index (χ3v) is 5.54. The summed E-state index contributed by atoms with van der Waals surface area (Å²) in [5, 5.41) is 14.3. The van der Waals surface area contributed by atoms with E-state index in [9.17, 15) is 18.3 Å². The second-order valence-corrected chi connectivity index (χ2v) is 8.16. The molecule has 2 aromatic rings. The Bertz CT molecular complexity index is 926. The maximum absolute atomic E-state index is 12.3. The minimum Gasteiger partial charge on any atom is -0.508 e. The summed E-state index contributed by atoms with van der Waals surface area (Å²) in [4.78, 5) is 13.7. The molecule has 1 amide bonds. The molecule has 128 valence electrons. The number of carbonyl (C=O) groups excluding carboxylic acids is 1. The summed E-state index contributed by atoms with van der Waals surface area (Å²) >= 11 is 12.2. The molecular formula is C14H13Cl2N3O4S. The molecule has 3 rings (SSSR count). The molecule has 1 atom stereocenters. The molecular weight excluding hydrogens is 377 g/mol. The fourth-order valence-electron chi connectivity index (χ4n) is 2.71. The first kappa shape index (κ1) is 17.1. The van der Waals surface area contributed by atoms with Gasteiger partial charge in [0.25, 0.3) is 10.0 Å². The van der Waals surface area contributed by atoms with Gasteiger partial charge in [0, 0.05) is 24.4 Å². The summed E-state index contributed by atoms with van der Waals surface area (Å²) < 4.78 is 23.8. The molecule has 10 heteroatoms. The number of rotatable bonds is 3. The van der Waals surface area contributed by atoms with E-state index in [1.807, 2.05) is 0 Å². The van der Waals surface area contributed by atoms with E-state index in [-0.39, 0.29) is 35.6 Å². The lowest BCUT2D eigenvalue weighted by molar-refractivity contribution is -0.117. The van der Waals surface area contributed by atoms with E-state index in [4.69, 9.17) is 23.2 Å². The van der Waals surface area contributed by atoms with Crippen LogP contribution in [0.5, 0.6) is 5.75 Å². The van der Waals surface area contributed by atoms with Crippen LogP contribution in [0.3, 0.4) is 0 Å². The third kappa shape index (κ3) is 2.97. The lowest BCUT2D eigenvalue weighted by atomic mass is 9.97. The highest BCUT2D eigenvalue weighted by atomic mass is 35.5. The highest BCUT2D eigenvalue weighted by Gasteiger charge is 2.35. The maximum atomic E-state index is 12.3. The number of phenols is 1. The Morgan fingerprint density at radius 3 is 2.67 bits per heavy atom. The van der Waals surface area contributed by atoms with Gasteiger partial charge in [0.05, 0.1) is 34.4 Å². The van der Waals surface area contributed by atoms with E-state index in [1.165, 1.54) is 29.4 Å². The van der Waals surface area contributed by atoms with Crippen molar-refractivity contribution in [2.45, 2.75) is 12.3 Å². The lowest BCUT2D eigenvalue weighted by Crippen LogP contribution is -2.24. The number of hydrogen-bond acceptors (Lipinski definition) is 5. The Hall–Kier alpha value is -1.77. The Labute approximate surface area is 148 Å². The first-order chi connectivity index (χ1) is 11.2. The van der Waals surface area contributed by atoms with Crippen LogP contribution in [0.15, 0.2) is 24.5 Å². The number of nitrogens with zero attached hydrogens (tertiary/aromatic N) is 3. The molecule has 1 aromatic heterocycles. The van der Waals surface area contributed by atoms with E-state index in [1.54, 1.807) is 0 Å². The molecule has 1 aliphatic heterocycles. The van der Waals surface area contributed by atoms with Gasteiger partial charge in [0.15, 0.2) is 0 Å². The number of halogens is 2. The number of anilines is 1. The zero-order valence-electron chi connectivity index (χ0n) is 12.5. The lowest BCUT2D eigenvalue weighted by Gasteiger charge is -2.16. The van der Waals surface area contributed by atoms with Gasteiger partial charge in [-0.1, -0.05) is 23.2 Å². The maximum Gasteiger partial charge on any atom is 0.250 e. The molecule has 1 saturated heterocycles. The average Bonchev–Trinajstić information content (AvgIpc) is 3.10. The molecule has 1 aromatic carbocycles. The van der Waals surface area contributed by atoms with Crippen LogP contribution in [-0.2, 0) is 14.8 Å². The molecule has 0 aliphatic carbocycles. The fourth-order valence-corrected chi connectivity index (χ4v) is 3.71. The van der Waals surface area contributed by atoms with Crippen molar-refractivity contribution in [1.82, 2.24) is 9.19 Å². The number of aromatic nitrogens is 2. The van der Waals surface area contributed by atoms with Gasteiger partial charge in [-0.3, -0.25) is 4.79 Å². The van der Waals surface area contributed by atoms with Crippen molar-refractivity contribution in [3.8, 4) is 5.75 Å². The molecule has 24 heavy (non-hydrogen) atoms. The summed E-state index contributed by atoms with van der Waals surface area (Å²) in [5.74, 6) is -0.607. The van der Waals surface area contributed by atoms with Crippen molar-refractivity contribution in [3.63, 3.8) is 0 Å². The van der Waals surface area contributed by atoms with Crippen LogP contribution in [0.4, 0.5) is 5.69 Å². The fraction of sp³-hybridized carbons (Fsp3) is 0.286. The highest BCUT2D eigenvalue weighted by molar-refractivity contribution is 7.89. The molecule has 1 aliphatic rings.